The van der Waals surface area contributed by atoms with E-state index in [0.717, 1.165) is 28.3 Å². The molecule has 0 saturated carbocycles. The first-order valence-corrected chi connectivity index (χ1v) is 8.02. The molecule has 7 heteroatoms. The summed E-state index contributed by atoms with van der Waals surface area (Å²) in [4.78, 5) is 10.8. The zero-order valence-corrected chi connectivity index (χ0v) is 14.5. The van der Waals surface area contributed by atoms with Gasteiger partial charge < -0.3 is 20.0 Å². The predicted molar refractivity (Wildman–Crippen MR) is 91.6 cm³/mol. The lowest BCUT2D eigenvalue weighted by Gasteiger charge is -2.15. The molecule has 2 rings (SSSR count). The van der Waals surface area contributed by atoms with Crippen molar-refractivity contribution in [1.29, 1.82) is 0 Å². The van der Waals surface area contributed by atoms with E-state index in [1.165, 1.54) is 0 Å². The summed E-state index contributed by atoms with van der Waals surface area (Å²) in [5, 5.41) is 9.62. The zero-order valence-electron chi connectivity index (χ0n) is 13.7. The molecule has 0 aliphatic heterocycles. The molecule has 0 aromatic carbocycles. The number of guanidine groups is 1. The molecule has 0 saturated heterocycles. The van der Waals surface area contributed by atoms with Crippen LogP contribution in [0, 0.1) is 6.92 Å². The van der Waals surface area contributed by atoms with E-state index in [1.54, 1.807) is 18.4 Å². The van der Waals surface area contributed by atoms with E-state index in [2.05, 4.69) is 26.0 Å². The van der Waals surface area contributed by atoms with Gasteiger partial charge in [0.25, 0.3) is 0 Å². The Balaban J connectivity index is 1.89. The van der Waals surface area contributed by atoms with Crippen LogP contribution in [-0.2, 0) is 6.54 Å². The van der Waals surface area contributed by atoms with Crippen LogP contribution in [-0.4, -0.2) is 32.1 Å². The molecular weight excluding hydrogens is 298 g/mol. The third-order valence-electron chi connectivity index (χ3n) is 3.12. The van der Waals surface area contributed by atoms with Gasteiger partial charge in [-0.25, -0.2) is 4.98 Å². The molecule has 0 fully saturated rings. The molecule has 1 unspecified atom stereocenters. The number of hydrogen-bond acceptors (Lipinski definition) is 5. The third kappa shape index (κ3) is 4.24. The van der Waals surface area contributed by atoms with Crippen LogP contribution in [0.5, 0.6) is 0 Å². The number of thiazole rings is 1. The summed E-state index contributed by atoms with van der Waals surface area (Å²) < 4.78 is 5.62. The quantitative estimate of drug-likeness (QED) is 0.654. The van der Waals surface area contributed by atoms with E-state index in [0.29, 0.717) is 6.54 Å². The fourth-order valence-electron chi connectivity index (χ4n) is 1.91. The maximum absolute atomic E-state index is 5.62. The van der Waals surface area contributed by atoms with Crippen LogP contribution in [0.1, 0.15) is 30.2 Å². The monoisotopic (exact) mass is 321 g/mol. The fourth-order valence-corrected chi connectivity index (χ4v) is 2.67. The highest BCUT2D eigenvalue weighted by atomic mass is 32.1. The highest BCUT2D eigenvalue weighted by Gasteiger charge is 2.11. The second kappa shape index (κ2) is 7.31. The van der Waals surface area contributed by atoms with Crippen LogP contribution >= 0.6 is 11.3 Å². The molecule has 0 radical (unpaired) electrons. The van der Waals surface area contributed by atoms with Crippen LogP contribution in [0.25, 0.3) is 0 Å². The Kier molecular flexibility index (Phi) is 5.43. The summed E-state index contributed by atoms with van der Waals surface area (Å²) in [7, 11) is 5.73. The van der Waals surface area contributed by atoms with Crippen molar-refractivity contribution in [3.8, 4) is 0 Å². The van der Waals surface area contributed by atoms with Crippen LogP contribution in [0.3, 0.4) is 0 Å². The average Bonchev–Trinajstić information content (AvgIpc) is 3.12. The number of nitrogens with one attached hydrogen (secondary N) is 2. The zero-order chi connectivity index (χ0) is 16.1. The van der Waals surface area contributed by atoms with Crippen LogP contribution < -0.4 is 15.5 Å². The first kappa shape index (κ1) is 16.4. The van der Waals surface area contributed by atoms with Gasteiger partial charge >= 0.3 is 0 Å². The second-order valence-electron chi connectivity index (χ2n) is 5.26. The number of aromatic nitrogens is 1. The van der Waals surface area contributed by atoms with E-state index in [4.69, 9.17) is 4.42 Å². The standard InChI is InChI=1S/C15H23N5OS/c1-10-6-7-13(21-10)11(2)18-14(16-3)17-8-12-9-22-15(19-12)20(4)5/h6-7,9,11H,8H2,1-5H3,(H2,16,17,18). The topological polar surface area (TPSA) is 65.7 Å². The molecule has 2 aromatic rings. The average molecular weight is 321 g/mol. The summed E-state index contributed by atoms with van der Waals surface area (Å²) in [5.41, 5.74) is 0.998. The van der Waals surface area contributed by atoms with Crippen molar-refractivity contribution in [3.05, 3.63) is 34.7 Å². The normalized spacial score (nSPS) is 13.0. The Morgan fingerprint density at radius 3 is 2.77 bits per heavy atom. The van der Waals surface area contributed by atoms with Gasteiger partial charge in [0.1, 0.15) is 11.5 Å². The van der Waals surface area contributed by atoms with E-state index in [-0.39, 0.29) is 6.04 Å². The van der Waals surface area contributed by atoms with E-state index in [9.17, 15) is 0 Å². The molecule has 0 spiro atoms. The van der Waals surface area contributed by atoms with E-state index < -0.39 is 0 Å². The molecule has 6 nitrogen and oxygen atoms in total. The Hall–Kier alpha value is -2.02. The molecule has 120 valence electrons. The molecule has 2 N–H and O–H groups in total. The number of hydrogen-bond donors (Lipinski definition) is 2. The summed E-state index contributed by atoms with van der Waals surface area (Å²) in [6.07, 6.45) is 0. The molecule has 0 aliphatic rings. The van der Waals surface area contributed by atoms with Crippen molar-refractivity contribution in [1.82, 2.24) is 15.6 Å². The van der Waals surface area contributed by atoms with Crippen LogP contribution in [0.15, 0.2) is 26.9 Å². The van der Waals surface area contributed by atoms with Crippen molar-refractivity contribution in [2.75, 3.05) is 26.0 Å². The minimum Gasteiger partial charge on any atom is -0.464 e. The maximum Gasteiger partial charge on any atom is 0.191 e. The van der Waals surface area contributed by atoms with Crippen molar-refractivity contribution >= 4 is 22.4 Å². The Morgan fingerprint density at radius 1 is 1.45 bits per heavy atom. The number of anilines is 1. The largest absolute Gasteiger partial charge is 0.464 e. The number of aliphatic imine (C=N–C) groups is 1. The third-order valence-corrected chi connectivity index (χ3v) is 4.18. The van der Waals surface area contributed by atoms with Gasteiger partial charge in [-0.3, -0.25) is 4.99 Å². The molecule has 0 aliphatic carbocycles. The first-order chi connectivity index (χ1) is 10.5. The van der Waals surface area contributed by atoms with Crippen LogP contribution in [0.4, 0.5) is 5.13 Å². The Morgan fingerprint density at radius 2 is 2.23 bits per heavy atom. The molecule has 22 heavy (non-hydrogen) atoms. The summed E-state index contributed by atoms with van der Waals surface area (Å²) in [5.74, 6) is 2.52. The van der Waals surface area contributed by atoms with Gasteiger partial charge in [-0.05, 0) is 26.0 Å². The number of rotatable bonds is 5. The van der Waals surface area contributed by atoms with Gasteiger partial charge in [0.15, 0.2) is 11.1 Å². The van der Waals surface area contributed by atoms with Crippen molar-refractivity contribution in [2.24, 2.45) is 4.99 Å². The number of aryl methyl sites for hydroxylation is 1. The van der Waals surface area contributed by atoms with Gasteiger partial charge in [0.2, 0.25) is 0 Å². The predicted octanol–water partition coefficient (Wildman–Crippen LogP) is 2.54. The first-order valence-electron chi connectivity index (χ1n) is 7.15. The van der Waals surface area contributed by atoms with Gasteiger partial charge in [0.05, 0.1) is 18.3 Å². The minimum atomic E-state index is 0.0488. The lowest BCUT2D eigenvalue weighted by molar-refractivity contribution is 0.441. The summed E-state index contributed by atoms with van der Waals surface area (Å²) >= 11 is 1.63. The molecule has 0 amide bonds. The Labute approximate surface area is 135 Å². The van der Waals surface area contributed by atoms with Gasteiger partial charge in [-0.15, -0.1) is 11.3 Å². The summed E-state index contributed by atoms with van der Waals surface area (Å²) in [6.45, 7) is 4.61. The molecular formula is C15H23N5OS. The highest BCUT2D eigenvalue weighted by molar-refractivity contribution is 7.13. The molecule has 1 atom stereocenters. The number of nitrogens with zero attached hydrogens (tertiary/aromatic N) is 3. The van der Waals surface area contributed by atoms with Gasteiger partial charge in [0, 0.05) is 26.5 Å². The van der Waals surface area contributed by atoms with Gasteiger partial charge in [-0.2, -0.15) is 0 Å². The lowest BCUT2D eigenvalue weighted by Crippen LogP contribution is -2.38. The van der Waals surface area contributed by atoms with Crippen LogP contribution in [0.2, 0.25) is 0 Å². The van der Waals surface area contributed by atoms with Crippen molar-refractivity contribution in [3.63, 3.8) is 0 Å². The van der Waals surface area contributed by atoms with Gasteiger partial charge in [-0.1, -0.05) is 0 Å². The smallest absolute Gasteiger partial charge is 0.191 e. The fraction of sp³-hybridized carbons (Fsp3) is 0.467. The van der Waals surface area contributed by atoms with E-state index >= 15 is 0 Å². The molecule has 2 heterocycles. The van der Waals surface area contributed by atoms with Crippen molar-refractivity contribution < 1.29 is 4.42 Å². The number of furan rings is 1. The lowest BCUT2D eigenvalue weighted by atomic mass is 10.2. The maximum atomic E-state index is 5.62. The van der Waals surface area contributed by atoms with Crippen molar-refractivity contribution in [2.45, 2.75) is 26.4 Å². The SMILES string of the molecule is CN=C(NCc1csc(N(C)C)n1)NC(C)c1ccc(C)o1. The van der Waals surface area contributed by atoms with E-state index in [1.807, 2.05) is 45.0 Å². The second-order valence-corrected chi connectivity index (χ2v) is 6.09. The molecule has 0 bridgehead atoms. The Bertz CT molecular complexity index is 631. The molecule has 2 aromatic heterocycles. The highest BCUT2D eigenvalue weighted by Crippen LogP contribution is 2.18. The minimum absolute atomic E-state index is 0.0488. The summed E-state index contributed by atoms with van der Waals surface area (Å²) in [6, 6.07) is 3.99.